The highest BCUT2D eigenvalue weighted by Gasteiger charge is 2.11. The molecule has 0 atom stereocenters. The van der Waals surface area contributed by atoms with E-state index >= 15 is 0 Å². The summed E-state index contributed by atoms with van der Waals surface area (Å²) >= 11 is 0. The lowest BCUT2D eigenvalue weighted by Crippen LogP contribution is -2.09. The number of hydrogen-bond donors (Lipinski definition) is 0. The third-order valence-corrected chi connectivity index (χ3v) is 2.63. The van der Waals surface area contributed by atoms with Crippen LogP contribution in [0.3, 0.4) is 0 Å². The van der Waals surface area contributed by atoms with E-state index < -0.39 is 11.9 Å². The second-order valence-corrected chi connectivity index (χ2v) is 3.93. The fourth-order valence-electron chi connectivity index (χ4n) is 1.67. The second kappa shape index (κ2) is 5.82. The quantitative estimate of drug-likeness (QED) is 0.787. The zero-order valence-corrected chi connectivity index (χ0v) is 10.1. The van der Waals surface area contributed by atoms with Crippen molar-refractivity contribution in [3.63, 3.8) is 0 Å². The van der Waals surface area contributed by atoms with E-state index in [2.05, 4.69) is 0 Å². The van der Waals surface area contributed by atoms with E-state index in [0.29, 0.717) is 11.1 Å². The highest BCUT2D eigenvalue weighted by atomic mass is 16.5. The van der Waals surface area contributed by atoms with Crippen LogP contribution in [0, 0.1) is 0 Å². The number of nitrogens with one attached hydrogen (secondary N) is 1. The van der Waals surface area contributed by atoms with E-state index in [1.54, 1.807) is 48.5 Å². The van der Waals surface area contributed by atoms with Crippen molar-refractivity contribution >= 4 is 11.9 Å². The van der Waals surface area contributed by atoms with Gasteiger partial charge in [-0.25, -0.2) is 4.79 Å². The Morgan fingerprint density at radius 3 is 2.26 bits per heavy atom. The van der Waals surface area contributed by atoms with Crippen molar-refractivity contribution in [2.45, 2.75) is 6.61 Å². The molecule has 4 nitrogen and oxygen atoms in total. The molecule has 1 amide bonds. The largest absolute Gasteiger partial charge is 0.457 e. The number of hydrogen-bond acceptors (Lipinski definition) is 3. The van der Waals surface area contributed by atoms with E-state index in [1.807, 2.05) is 6.07 Å². The highest BCUT2D eigenvalue weighted by Crippen LogP contribution is 2.11. The maximum absolute atomic E-state index is 11.7. The van der Waals surface area contributed by atoms with Crippen molar-refractivity contribution < 1.29 is 14.3 Å². The minimum Gasteiger partial charge on any atom is -0.457 e. The molecule has 19 heavy (non-hydrogen) atoms. The van der Waals surface area contributed by atoms with Gasteiger partial charge >= 0.3 is 5.97 Å². The van der Waals surface area contributed by atoms with Crippen LogP contribution >= 0.6 is 0 Å². The topological polar surface area (TPSA) is 67.2 Å². The van der Waals surface area contributed by atoms with Crippen LogP contribution in [0.5, 0.6) is 0 Å². The number of rotatable bonds is 4. The zero-order chi connectivity index (χ0) is 13.7. The smallest absolute Gasteiger partial charge is 0.338 e. The number of esters is 1. The van der Waals surface area contributed by atoms with Crippen molar-refractivity contribution in [2.75, 3.05) is 0 Å². The molecule has 1 N–H and O–H groups in total. The van der Waals surface area contributed by atoms with Gasteiger partial charge in [-0.15, -0.1) is 0 Å². The van der Waals surface area contributed by atoms with Gasteiger partial charge in [0.1, 0.15) is 6.61 Å². The van der Waals surface area contributed by atoms with Gasteiger partial charge in [-0.05, 0) is 18.2 Å². The van der Waals surface area contributed by atoms with Gasteiger partial charge in [0.2, 0.25) is 0 Å². The van der Waals surface area contributed by atoms with Crippen molar-refractivity contribution in [1.29, 1.82) is 0 Å². The maximum Gasteiger partial charge on any atom is 0.338 e. The molecule has 4 heteroatoms. The molecule has 0 saturated carbocycles. The Kier molecular flexibility index (Phi) is 3.93. The summed E-state index contributed by atoms with van der Waals surface area (Å²) in [6.45, 7) is -0.0193. The molecule has 2 rings (SSSR count). The number of benzene rings is 2. The van der Waals surface area contributed by atoms with Crippen LogP contribution < -0.4 is 5.73 Å². The molecule has 0 fully saturated rings. The van der Waals surface area contributed by atoms with Crippen LogP contribution in [0.15, 0.2) is 54.6 Å². The minimum absolute atomic E-state index is 0.0193. The standard InChI is InChI=1S/C15H12NO3/c16-14(17)13-9-5-4-8-12(13)10-19-15(18)11-6-2-1-3-7-11/h1-9,16H,10H2. The van der Waals surface area contributed by atoms with E-state index in [0.717, 1.165) is 0 Å². The Bertz CT molecular complexity index is 593. The molecule has 0 saturated heterocycles. The zero-order valence-electron chi connectivity index (χ0n) is 10.1. The van der Waals surface area contributed by atoms with Crippen molar-refractivity contribution in [3.8, 4) is 0 Å². The average Bonchev–Trinajstić information content (AvgIpc) is 2.46. The summed E-state index contributed by atoms with van der Waals surface area (Å²) in [5.74, 6) is -1.24. The molecule has 0 heterocycles. The molecule has 0 bridgehead atoms. The predicted octanol–water partition coefficient (Wildman–Crippen LogP) is 2.47. The van der Waals surface area contributed by atoms with Crippen LogP contribution in [0.2, 0.25) is 0 Å². The van der Waals surface area contributed by atoms with Gasteiger partial charge in [0.25, 0.3) is 5.91 Å². The Morgan fingerprint density at radius 2 is 1.58 bits per heavy atom. The Labute approximate surface area is 110 Å². The first kappa shape index (κ1) is 12.8. The fraction of sp³-hybridized carbons (Fsp3) is 0.0667. The molecule has 0 aliphatic heterocycles. The molecular formula is C15H12NO3. The molecule has 95 valence electrons. The Hall–Kier alpha value is -2.62. The fourth-order valence-corrected chi connectivity index (χ4v) is 1.67. The van der Waals surface area contributed by atoms with E-state index in [4.69, 9.17) is 10.5 Å². The van der Waals surface area contributed by atoms with Gasteiger partial charge in [-0.1, -0.05) is 36.4 Å². The number of carbonyl (C=O) groups is 2. The maximum atomic E-state index is 11.7. The van der Waals surface area contributed by atoms with Gasteiger partial charge in [-0.2, -0.15) is 0 Å². The van der Waals surface area contributed by atoms with Gasteiger partial charge in [0, 0.05) is 11.1 Å². The first-order valence-electron chi connectivity index (χ1n) is 5.74. The lowest BCUT2D eigenvalue weighted by atomic mass is 10.1. The lowest BCUT2D eigenvalue weighted by molar-refractivity contribution is 0.0470. The minimum atomic E-state index is -0.786. The normalized spacial score (nSPS) is 9.89. The van der Waals surface area contributed by atoms with Gasteiger partial charge in [0.05, 0.1) is 5.56 Å². The third kappa shape index (κ3) is 3.19. The first-order chi connectivity index (χ1) is 9.18. The summed E-state index contributed by atoms with van der Waals surface area (Å²) in [6.07, 6.45) is 0. The Balaban J connectivity index is 2.07. The monoisotopic (exact) mass is 254 g/mol. The number of carbonyl (C=O) groups excluding carboxylic acids is 2. The van der Waals surface area contributed by atoms with Crippen LogP contribution in [0.1, 0.15) is 26.3 Å². The van der Waals surface area contributed by atoms with Gasteiger partial charge in [-0.3, -0.25) is 10.5 Å². The number of ether oxygens (including phenoxy) is 1. The van der Waals surface area contributed by atoms with Crippen LogP contribution in [0.25, 0.3) is 0 Å². The van der Waals surface area contributed by atoms with Crippen LogP contribution in [0.4, 0.5) is 0 Å². The summed E-state index contributed by atoms with van der Waals surface area (Å²) in [7, 11) is 0. The van der Waals surface area contributed by atoms with E-state index in [1.165, 1.54) is 0 Å². The highest BCUT2D eigenvalue weighted by molar-refractivity contribution is 5.94. The predicted molar refractivity (Wildman–Crippen MR) is 69.4 cm³/mol. The van der Waals surface area contributed by atoms with Gasteiger partial charge < -0.3 is 4.74 Å². The molecule has 2 aromatic carbocycles. The second-order valence-electron chi connectivity index (χ2n) is 3.93. The molecule has 0 aliphatic rings. The molecule has 0 aliphatic carbocycles. The van der Waals surface area contributed by atoms with Crippen LogP contribution in [-0.2, 0) is 11.3 Å². The van der Waals surface area contributed by atoms with Crippen LogP contribution in [-0.4, -0.2) is 11.9 Å². The lowest BCUT2D eigenvalue weighted by Gasteiger charge is -2.07. The summed E-state index contributed by atoms with van der Waals surface area (Å²) < 4.78 is 5.13. The van der Waals surface area contributed by atoms with E-state index in [-0.39, 0.29) is 12.2 Å². The summed E-state index contributed by atoms with van der Waals surface area (Å²) in [5, 5.41) is 0. The average molecular weight is 254 g/mol. The SMILES string of the molecule is [NH]C(=O)c1ccccc1COC(=O)c1ccccc1. The first-order valence-corrected chi connectivity index (χ1v) is 5.74. The van der Waals surface area contributed by atoms with Crippen molar-refractivity contribution in [3.05, 3.63) is 71.3 Å². The molecule has 2 aromatic rings. The summed E-state index contributed by atoms with van der Waals surface area (Å²) in [4.78, 5) is 22.9. The molecule has 0 aromatic heterocycles. The Morgan fingerprint density at radius 1 is 0.947 bits per heavy atom. The third-order valence-electron chi connectivity index (χ3n) is 2.63. The van der Waals surface area contributed by atoms with Crippen molar-refractivity contribution in [2.24, 2.45) is 0 Å². The molecule has 1 radical (unpaired) electrons. The van der Waals surface area contributed by atoms with E-state index in [9.17, 15) is 9.59 Å². The number of amides is 1. The summed E-state index contributed by atoms with van der Waals surface area (Å²) in [5.41, 5.74) is 8.37. The molecular weight excluding hydrogens is 242 g/mol. The molecule has 0 spiro atoms. The van der Waals surface area contributed by atoms with Crippen molar-refractivity contribution in [1.82, 2.24) is 5.73 Å². The van der Waals surface area contributed by atoms with Gasteiger partial charge in [0.15, 0.2) is 0 Å². The molecule has 0 unspecified atom stereocenters. The summed E-state index contributed by atoms with van der Waals surface area (Å²) in [6, 6.07) is 15.2.